The molecule has 1 aliphatic heterocycles. The molecule has 1 aliphatic carbocycles. The van der Waals surface area contributed by atoms with E-state index in [2.05, 4.69) is 15.0 Å². The molecule has 0 radical (unpaired) electrons. The molecule has 2 amide bonds. The number of thiazole rings is 1. The van der Waals surface area contributed by atoms with Gasteiger partial charge in [0.2, 0.25) is 15.9 Å². The predicted molar refractivity (Wildman–Crippen MR) is 124 cm³/mol. The van der Waals surface area contributed by atoms with Crippen molar-refractivity contribution >= 4 is 38.3 Å². The van der Waals surface area contributed by atoms with Gasteiger partial charge in [0.15, 0.2) is 5.13 Å². The number of rotatable bonds is 7. The second-order valence-corrected chi connectivity index (χ2v) is 11.6. The van der Waals surface area contributed by atoms with Gasteiger partial charge in [-0.2, -0.15) is 0 Å². The molecule has 2 N–H and O–H groups in total. The van der Waals surface area contributed by atoms with Crippen LogP contribution in [0.4, 0.5) is 5.13 Å². The van der Waals surface area contributed by atoms with Crippen molar-refractivity contribution in [2.24, 2.45) is 5.92 Å². The summed E-state index contributed by atoms with van der Waals surface area (Å²) in [5, 5.41) is 3.14. The number of sulfonamides is 1. The number of hydrogen-bond acceptors (Lipinski definition) is 6. The minimum atomic E-state index is -3.91. The highest BCUT2D eigenvalue weighted by Gasteiger charge is 2.41. The van der Waals surface area contributed by atoms with E-state index >= 15 is 0 Å². The quantitative estimate of drug-likeness (QED) is 0.636. The van der Waals surface area contributed by atoms with Crippen LogP contribution in [0.5, 0.6) is 0 Å². The average Bonchev–Trinajstić information content (AvgIpc) is 3.39. The van der Waals surface area contributed by atoms with E-state index in [0.29, 0.717) is 34.4 Å². The van der Waals surface area contributed by atoms with Crippen LogP contribution in [-0.2, 0) is 21.4 Å². The zero-order valence-electron chi connectivity index (χ0n) is 18.9. The van der Waals surface area contributed by atoms with Gasteiger partial charge in [0.25, 0.3) is 5.91 Å². The molecule has 1 atom stereocenters. The number of carbonyl (C=O) groups is 2. The summed E-state index contributed by atoms with van der Waals surface area (Å²) in [5.41, 5.74) is 2.33. The number of nitrogens with one attached hydrogen (secondary N) is 2. The number of amides is 2. The summed E-state index contributed by atoms with van der Waals surface area (Å²) in [6.45, 7) is 9.15. The van der Waals surface area contributed by atoms with E-state index < -0.39 is 10.0 Å². The molecule has 0 bridgehead atoms. The lowest BCUT2D eigenvalue weighted by molar-refractivity contribution is -0.114. The Balaban J connectivity index is 1.84. The Bertz CT molecular complexity index is 1200. The molecule has 10 heteroatoms. The standard InChI is InChI=1S/C22H28N4O4S2/c1-11(2)25-32(29,30)18-9-16(20-12(3)23-22(31-20)24-14(5)27)8-17-10-26(21(28)19(17)18)13(4)15-6-7-15/h8-9,11,13,15,25H,6-7,10H2,1-5H3,(H,23,24,27)/t13-/m0/s1. The molecular formula is C22H28N4O4S2. The number of aromatic nitrogens is 1. The molecule has 4 rings (SSSR count). The lowest BCUT2D eigenvalue weighted by atomic mass is 10.0. The van der Waals surface area contributed by atoms with Crippen LogP contribution in [-0.4, -0.2) is 42.2 Å². The average molecular weight is 477 g/mol. The van der Waals surface area contributed by atoms with Crippen molar-refractivity contribution in [3.63, 3.8) is 0 Å². The number of carbonyl (C=O) groups excluding carboxylic acids is 2. The van der Waals surface area contributed by atoms with Gasteiger partial charge in [-0.15, -0.1) is 0 Å². The second kappa shape index (κ2) is 8.24. The van der Waals surface area contributed by atoms with E-state index in [-0.39, 0.29) is 34.4 Å². The monoisotopic (exact) mass is 476 g/mol. The summed E-state index contributed by atoms with van der Waals surface area (Å²) >= 11 is 1.29. The molecule has 1 aromatic carbocycles. The van der Waals surface area contributed by atoms with Gasteiger partial charge in [-0.25, -0.2) is 18.1 Å². The molecule has 1 aromatic heterocycles. The number of fused-ring (bicyclic) bond motifs is 1. The molecule has 0 spiro atoms. The van der Waals surface area contributed by atoms with Crippen molar-refractivity contribution in [2.45, 2.75) is 71.0 Å². The molecule has 0 saturated heterocycles. The minimum Gasteiger partial charge on any atom is -0.331 e. The zero-order chi connectivity index (χ0) is 23.4. The first-order valence-corrected chi connectivity index (χ1v) is 13.0. The number of nitrogens with zero attached hydrogens (tertiary/aromatic N) is 2. The van der Waals surface area contributed by atoms with E-state index in [1.165, 1.54) is 18.3 Å². The van der Waals surface area contributed by atoms with Crippen LogP contribution in [0.3, 0.4) is 0 Å². The molecule has 32 heavy (non-hydrogen) atoms. The number of benzene rings is 1. The lowest BCUT2D eigenvalue weighted by Gasteiger charge is -2.24. The van der Waals surface area contributed by atoms with Crippen molar-refractivity contribution < 1.29 is 18.0 Å². The van der Waals surface area contributed by atoms with E-state index in [1.807, 2.05) is 19.9 Å². The Morgan fingerprint density at radius 1 is 1.25 bits per heavy atom. The molecule has 2 aliphatic rings. The van der Waals surface area contributed by atoms with Gasteiger partial charge in [0, 0.05) is 25.6 Å². The zero-order valence-corrected chi connectivity index (χ0v) is 20.5. The molecule has 1 fully saturated rings. The maximum Gasteiger partial charge on any atom is 0.256 e. The Hall–Kier alpha value is -2.30. The Morgan fingerprint density at radius 3 is 2.53 bits per heavy atom. The van der Waals surface area contributed by atoms with Crippen LogP contribution in [0, 0.1) is 12.8 Å². The largest absolute Gasteiger partial charge is 0.331 e. The van der Waals surface area contributed by atoms with Crippen molar-refractivity contribution in [2.75, 3.05) is 5.32 Å². The summed E-state index contributed by atoms with van der Waals surface area (Å²) in [6.07, 6.45) is 2.19. The SMILES string of the molecule is CC(=O)Nc1nc(C)c(-c2cc3c(c(S(=O)(=O)NC(C)C)c2)C(=O)N([C@@H](C)C2CC2)C3)s1. The van der Waals surface area contributed by atoms with E-state index in [4.69, 9.17) is 0 Å². The van der Waals surface area contributed by atoms with Crippen molar-refractivity contribution in [3.8, 4) is 10.4 Å². The predicted octanol–water partition coefficient (Wildman–Crippen LogP) is 3.52. The second-order valence-electron chi connectivity index (χ2n) is 8.91. The number of anilines is 1. The fourth-order valence-corrected chi connectivity index (χ4v) is 6.70. The van der Waals surface area contributed by atoms with E-state index in [1.54, 1.807) is 24.8 Å². The normalized spacial score (nSPS) is 17.1. The maximum absolute atomic E-state index is 13.3. The third kappa shape index (κ3) is 4.31. The van der Waals surface area contributed by atoms with Gasteiger partial charge < -0.3 is 10.2 Å². The van der Waals surface area contributed by atoms with E-state index in [9.17, 15) is 18.0 Å². The fraction of sp³-hybridized carbons (Fsp3) is 0.500. The minimum absolute atomic E-state index is 0.00285. The first-order valence-electron chi connectivity index (χ1n) is 10.7. The van der Waals surface area contributed by atoms with Crippen LogP contribution in [0.2, 0.25) is 0 Å². The Labute approximate surface area is 192 Å². The van der Waals surface area contributed by atoms with Gasteiger partial charge in [-0.3, -0.25) is 9.59 Å². The number of hydrogen-bond donors (Lipinski definition) is 2. The van der Waals surface area contributed by atoms with Gasteiger partial charge >= 0.3 is 0 Å². The van der Waals surface area contributed by atoms with Crippen LogP contribution in [0.25, 0.3) is 10.4 Å². The van der Waals surface area contributed by atoms with E-state index in [0.717, 1.165) is 17.7 Å². The fourth-order valence-electron chi connectivity index (χ4n) is 4.19. The molecule has 2 aromatic rings. The van der Waals surface area contributed by atoms with Gasteiger partial charge in [-0.1, -0.05) is 11.3 Å². The van der Waals surface area contributed by atoms with Crippen LogP contribution in [0.15, 0.2) is 17.0 Å². The van der Waals surface area contributed by atoms with Crippen LogP contribution in [0.1, 0.15) is 62.2 Å². The summed E-state index contributed by atoms with van der Waals surface area (Å²) in [7, 11) is -3.91. The van der Waals surface area contributed by atoms with Crippen LogP contribution < -0.4 is 10.0 Å². The smallest absolute Gasteiger partial charge is 0.256 e. The maximum atomic E-state index is 13.3. The molecule has 1 saturated carbocycles. The molecule has 0 unspecified atom stereocenters. The van der Waals surface area contributed by atoms with Gasteiger partial charge in [-0.05, 0) is 69.7 Å². The Kier molecular flexibility index (Phi) is 5.89. The summed E-state index contributed by atoms with van der Waals surface area (Å²) < 4.78 is 29.1. The lowest BCUT2D eigenvalue weighted by Crippen LogP contribution is -2.36. The third-order valence-corrected chi connectivity index (χ3v) is 8.62. The highest BCUT2D eigenvalue weighted by molar-refractivity contribution is 7.89. The third-order valence-electron chi connectivity index (χ3n) is 5.82. The van der Waals surface area contributed by atoms with Gasteiger partial charge in [0.1, 0.15) is 0 Å². The van der Waals surface area contributed by atoms with Crippen LogP contribution >= 0.6 is 11.3 Å². The number of aryl methyl sites for hydroxylation is 1. The summed E-state index contributed by atoms with van der Waals surface area (Å²) in [4.78, 5) is 31.7. The first kappa shape index (κ1) is 22.9. The van der Waals surface area contributed by atoms with Crippen molar-refractivity contribution in [3.05, 3.63) is 29.0 Å². The summed E-state index contributed by atoms with van der Waals surface area (Å²) in [5.74, 6) is 0.0273. The topological polar surface area (TPSA) is 108 Å². The molecule has 8 nitrogen and oxygen atoms in total. The molecule has 2 heterocycles. The Morgan fingerprint density at radius 2 is 1.94 bits per heavy atom. The van der Waals surface area contributed by atoms with Crippen molar-refractivity contribution in [1.82, 2.24) is 14.6 Å². The highest BCUT2D eigenvalue weighted by Crippen LogP contribution is 2.42. The highest BCUT2D eigenvalue weighted by atomic mass is 32.2. The summed E-state index contributed by atoms with van der Waals surface area (Å²) in [6, 6.07) is 3.21. The van der Waals surface area contributed by atoms with Gasteiger partial charge in [0.05, 0.1) is 21.0 Å². The van der Waals surface area contributed by atoms with Crippen molar-refractivity contribution in [1.29, 1.82) is 0 Å². The molecular weight excluding hydrogens is 448 g/mol. The first-order chi connectivity index (χ1) is 15.0. The molecule has 172 valence electrons.